The van der Waals surface area contributed by atoms with Gasteiger partial charge in [-0.25, -0.2) is 4.98 Å². The van der Waals surface area contributed by atoms with Gasteiger partial charge in [-0.1, -0.05) is 6.07 Å². The SMILES string of the molecule is O=C(c1ccco1)N1CCC2(CC1)OCC[C@H]2CCOc1ccccn1. The van der Waals surface area contributed by atoms with Crippen LogP contribution in [0.5, 0.6) is 5.88 Å². The van der Waals surface area contributed by atoms with Crippen LogP contribution >= 0.6 is 0 Å². The van der Waals surface area contributed by atoms with E-state index in [0.717, 1.165) is 32.3 Å². The number of furan rings is 1. The number of carbonyl (C=O) groups excluding carboxylic acids is 1. The van der Waals surface area contributed by atoms with Gasteiger partial charge < -0.3 is 18.8 Å². The van der Waals surface area contributed by atoms with E-state index in [0.29, 0.717) is 37.3 Å². The summed E-state index contributed by atoms with van der Waals surface area (Å²) >= 11 is 0. The Kier molecular flexibility index (Phi) is 4.93. The summed E-state index contributed by atoms with van der Waals surface area (Å²) in [6, 6.07) is 9.14. The summed E-state index contributed by atoms with van der Waals surface area (Å²) in [6.45, 7) is 2.84. The zero-order valence-electron chi connectivity index (χ0n) is 14.8. The first-order valence-electron chi connectivity index (χ1n) is 9.27. The van der Waals surface area contributed by atoms with Gasteiger partial charge in [-0.2, -0.15) is 0 Å². The molecule has 2 aliphatic heterocycles. The first-order chi connectivity index (χ1) is 12.8. The van der Waals surface area contributed by atoms with Crippen LogP contribution in [0, 0.1) is 5.92 Å². The Hall–Kier alpha value is -2.34. The highest BCUT2D eigenvalue weighted by Gasteiger charge is 2.46. The fraction of sp³-hybridized carbons (Fsp3) is 0.500. The molecule has 2 saturated heterocycles. The first-order valence-corrected chi connectivity index (χ1v) is 9.27. The normalized spacial score (nSPS) is 21.8. The maximum atomic E-state index is 12.4. The average Bonchev–Trinajstić information content (AvgIpc) is 3.34. The summed E-state index contributed by atoms with van der Waals surface area (Å²) in [4.78, 5) is 18.5. The molecular formula is C20H24N2O4. The Balaban J connectivity index is 1.31. The van der Waals surface area contributed by atoms with Crippen molar-refractivity contribution >= 4 is 5.91 Å². The second-order valence-electron chi connectivity index (χ2n) is 6.97. The van der Waals surface area contributed by atoms with E-state index in [4.69, 9.17) is 13.9 Å². The van der Waals surface area contributed by atoms with Crippen molar-refractivity contribution < 1.29 is 18.7 Å². The minimum atomic E-state index is -0.118. The molecule has 4 rings (SSSR count). The molecule has 0 aromatic carbocycles. The minimum absolute atomic E-state index is 0.0297. The van der Waals surface area contributed by atoms with Crippen LogP contribution < -0.4 is 4.74 Å². The maximum Gasteiger partial charge on any atom is 0.289 e. The van der Waals surface area contributed by atoms with Crippen molar-refractivity contribution in [1.82, 2.24) is 9.88 Å². The highest BCUT2D eigenvalue weighted by Crippen LogP contribution is 2.42. The molecule has 0 saturated carbocycles. The Morgan fingerprint density at radius 3 is 2.88 bits per heavy atom. The Bertz CT molecular complexity index is 709. The van der Waals surface area contributed by atoms with Gasteiger partial charge in [0, 0.05) is 32.0 Å². The van der Waals surface area contributed by atoms with E-state index in [1.165, 1.54) is 6.26 Å². The number of rotatable bonds is 5. The van der Waals surface area contributed by atoms with Crippen LogP contribution in [0.4, 0.5) is 0 Å². The van der Waals surface area contributed by atoms with Crippen molar-refractivity contribution in [2.75, 3.05) is 26.3 Å². The molecule has 0 radical (unpaired) electrons. The van der Waals surface area contributed by atoms with Gasteiger partial charge in [0.25, 0.3) is 5.91 Å². The molecule has 2 aromatic rings. The summed E-state index contributed by atoms with van der Waals surface area (Å²) in [5, 5.41) is 0. The molecule has 2 aromatic heterocycles. The third-order valence-corrected chi connectivity index (χ3v) is 5.58. The van der Waals surface area contributed by atoms with Crippen LogP contribution in [0.25, 0.3) is 0 Å². The van der Waals surface area contributed by atoms with Gasteiger partial charge in [-0.3, -0.25) is 4.79 Å². The van der Waals surface area contributed by atoms with Crippen LogP contribution in [0.2, 0.25) is 0 Å². The molecule has 0 unspecified atom stereocenters. The van der Waals surface area contributed by atoms with Gasteiger partial charge in [0.2, 0.25) is 5.88 Å². The lowest BCUT2D eigenvalue weighted by molar-refractivity contribution is -0.0652. The summed E-state index contributed by atoms with van der Waals surface area (Å²) < 4.78 is 17.2. The Morgan fingerprint density at radius 2 is 2.15 bits per heavy atom. The quantitative estimate of drug-likeness (QED) is 0.823. The number of carbonyl (C=O) groups is 1. The van der Waals surface area contributed by atoms with Crippen molar-refractivity contribution in [3.63, 3.8) is 0 Å². The second-order valence-corrected chi connectivity index (χ2v) is 6.97. The Morgan fingerprint density at radius 1 is 1.27 bits per heavy atom. The predicted molar refractivity (Wildman–Crippen MR) is 95.0 cm³/mol. The minimum Gasteiger partial charge on any atom is -0.478 e. The standard InChI is InChI=1S/C20H24N2O4/c23-19(17-4-3-13-24-17)22-11-8-20(9-12-22)16(7-15-26-20)6-14-25-18-5-1-2-10-21-18/h1-5,10,13,16H,6-9,11-12,14-15H2/t16-/m1/s1. The fourth-order valence-corrected chi connectivity index (χ4v) is 4.13. The molecule has 2 fully saturated rings. The van der Waals surface area contributed by atoms with Crippen LogP contribution in [0.1, 0.15) is 36.2 Å². The number of ether oxygens (including phenoxy) is 2. The number of piperidine rings is 1. The lowest BCUT2D eigenvalue weighted by Crippen LogP contribution is -2.49. The van der Waals surface area contributed by atoms with E-state index in [9.17, 15) is 4.79 Å². The fourth-order valence-electron chi connectivity index (χ4n) is 4.13. The van der Waals surface area contributed by atoms with Crippen molar-refractivity contribution in [3.8, 4) is 5.88 Å². The van der Waals surface area contributed by atoms with Gasteiger partial charge in [0.15, 0.2) is 5.76 Å². The molecule has 1 spiro atoms. The van der Waals surface area contributed by atoms with Gasteiger partial charge in [0.1, 0.15) is 0 Å². The molecule has 2 aliphatic rings. The molecule has 1 amide bonds. The van der Waals surface area contributed by atoms with Crippen molar-refractivity contribution in [3.05, 3.63) is 48.6 Å². The third-order valence-electron chi connectivity index (χ3n) is 5.58. The summed E-state index contributed by atoms with van der Waals surface area (Å²) in [5.74, 6) is 1.51. The van der Waals surface area contributed by atoms with Crippen molar-refractivity contribution in [2.24, 2.45) is 5.92 Å². The van der Waals surface area contributed by atoms with E-state index in [-0.39, 0.29) is 11.5 Å². The Labute approximate surface area is 153 Å². The number of hydrogen-bond donors (Lipinski definition) is 0. The number of aromatic nitrogens is 1. The molecule has 0 N–H and O–H groups in total. The molecule has 138 valence electrons. The van der Waals surface area contributed by atoms with Crippen molar-refractivity contribution in [2.45, 2.75) is 31.3 Å². The maximum absolute atomic E-state index is 12.4. The highest BCUT2D eigenvalue weighted by molar-refractivity contribution is 5.91. The second kappa shape index (κ2) is 7.50. The summed E-state index contributed by atoms with van der Waals surface area (Å²) in [5.41, 5.74) is -0.118. The summed E-state index contributed by atoms with van der Waals surface area (Å²) in [6.07, 6.45) is 7.01. The highest BCUT2D eigenvalue weighted by atomic mass is 16.5. The zero-order chi connectivity index (χ0) is 17.8. The predicted octanol–water partition coefficient (Wildman–Crippen LogP) is 3.16. The van der Waals surface area contributed by atoms with Crippen LogP contribution in [0.3, 0.4) is 0 Å². The molecule has 4 heterocycles. The molecular weight excluding hydrogens is 332 g/mol. The van der Waals surface area contributed by atoms with Gasteiger partial charge >= 0.3 is 0 Å². The van der Waals surface area contributed by atoms with Gasteiger partial charge in [-0.15, -0.1) is 0 Å². The number of likely N-dealkylation sites (tertiary alicyclic amines) is 1. The smallest absolute Gasteiger partial charge is 0.289 e. The average molecular weight is 356 g/mol. The monoisotopic (exact) mass is 356 g/mol. The molecule has 6 nitrogen and oxygen atoms in total. The molecule has 0 bridgehead atoms. The number of nitrogens with zero attached hydrogens (tertiary/aromatic N) is 2. The van der Waals surface area contributed by atoms with Crippen LogP contribution in [0.15, 0.2) is 47.2 Å². The first kappa shape index (κ1) is 17.1. The number of pyridine rings is 1. The van der Waals surface area contributed by atoms with Gasteiger partial charge in [0.05, 0.1) is 18.5 Å². The van der Waals surface area contributed by atoms with E-state index in [1.54, 1.807) is 18.3 Å². The molecule has 26 heavy (non-hydrogen) atoms. The molecule has 1 atom stereocenters. The topological polar surface area (TPSA) is 64.8 Å². The number of amides is 1. The van der Waals surface area contributed by atoms with E-state index < -0.39 is 0 Å². The lowest BCUT2D eigenvalue weighted by atomic mass is 9.78. The number of hydrogen-bond acceptors (Lipinski definition) is 5. The van der Waals surface area contributed by atoms with Gasteiger partial charge in [-0.05, 0) is 49.8 Å². The van der Waals surface area contributed by atoms with Crippen LogP contribution in [-0.2, 0) is 4.74 Å². The molecule has 6 heteroatoms. The largest absolute Gasteiger partial charge is 0.478 e. The zero-order valence-corrected chi connectivity index (χ0v) is 14.8. The van der Waals surface area contributed by atoms with Crippen molar-refractivity contribution in [1.29, 1.82) is 0 Å². The van der Waals surface area contributed by atoms with E-state index >= 15 is 0 Å². The lowest BCUT2D eigenvalue weighted by Gasteiger charge is -2.42. The van der Waals surface area contributed by atoms with E-state index in [1.807, 2.05) is 23.1 Å². The summed E-state index contributed by atoms with van der Waals surface area (Å²) in [7, 11) is 0. The molecule has 0 aliphatic carbocycles. The van der Waals surface area contributed by atoms with E-state index in [2.05, 4.69) is 4.98 Å². The van der Waals surface area contributed by atoms with Crippen LogP contribution in [-0.4, -0.2) is 47.7 Å². The third kappa shape index (κ3) is 3.46.